The summed E-state index contributed by atoms with van der Waals surface area (Å²) in [7, 11) is 1.99. The third-order valence-electron chi connectivity index (χ3n) is 5.44. The lowest BCUT2D eigenvalue weighted by Crippen LogP contribution is -2.36. The highest BCUT2D eigenvalue weighted by Gasteiger charge is 2.31. The summed E-state index contributed by atoms with van der Waals surface area (Å²) in [6.45, 7) is 10.3. The second-order valence-corrected chi connectivity index (χ2v) is 7.18. The van der Waals surface area contributed by atoms with Crippen molar-refractivity contribution in [3.8, 4) is 0 Å². The van der Waals surface area contributed by atoms with Crippen LogP contribution >= 0.6 is 0 Å². The molecule has 3 nitrogen and oxygen atoms in total. The first-order chi connectivity index (χ1) is 9.42. The van der Waals surface area contributed by atoms with E-state index in [0.29, 0.717) is 11.5 Å². The van der Waals surface area contributed by atoms with E-state index in [4.69, 9.17) is 0 Å². The van der Waals surface area contributed by atoms with Gasteiger partial charge < -0.3 is 5.32 Å². The Morgan fingerprint density at radius 3 is 2.45 bits per heavy atom. The first-order valence-corrected chi connectivity index (χ1v) is 8.15. The summed E-state index contributed by atoms with van der Waals surface area (Å²) >= 11 is 0. The molecule has 1 fully saturated rings. The van der Waals surface area contributed by atoms with Crippen LogP contribution in [0, 0.1) is 18.3 Å². The van der Waals surface area contributed by atoms with Crippen molar-refractivity contribution in [2.45, 2.75) is 72.4 Å². The molecule has 0 atom stereocenters. The molecule has 0 radical (unpaired) electrons. The van der Waals surface area contributed by atoms with Crippen molar-refractivity contribution in [1.82, 2.24) is 15.1 Å². The maximum absolute atomic E-state index is 4.41. The SMILES string of the molecule is CCC(C)(C)C1CCC(NCc2cn(C)nc2C)CC1. The summed E-state index contributed by atoms with van der Waals surface area (Å²) < 4.78 is 1.91. The zero-order chi connectivity index (χ0) is 14.8. The molecule has 114 valence electrons. The third kappa shape index (κ3) is 3.63. The molecule has 1 aliphatic carbocycles. The van der Waals surface area contributed by atoms with Gasteiger partial charge in [-0.15, -0.1) is 0 Å². The number of aryl methyl sites for hydroxylation is 2. The van der Waals surface area contributed by atoms with Gasteiger partial charge in [0.15, 0.2) is 0 Å². The second-order valence-electron chi connectivity index (χ2n) is 7.18. The van der Waals surface area contributed by atoms with Crippen molar-refractivity contribution in [3.63, 3.8) is 0 Å². The van der Waals surface area contributed by atoms with E-state index in [2.05, 4.69) is 44.3 Å². The average Bonchev–Trinajstić information content (AvgIpc) is 2.75. The molecular weight excluding hydrogens is 246 g/mol. The molecule has 1 heterocycles. The summed E-state index contributed by atoms with van der Waals surface area (Å²) in [6.07, 6.45) is 8.84. The van der Waals surface area contributed by atoms with E-state index in [9.17, 15) is 0 Å². The first kappa shape index (κ1) is 15.6. The number of aromatic nitrogens is 2. The molecule has 0 aliphatic heterocycles. The van der Waals surface area contributed by atoms with Gasteiger partial charge in [-0.2, -0.15) is 5.10 Å². The minimum absolute atomic E-state index is 0.519. The Balaban J connectivity index is 1.79. The van der Waals surface area contributed by atoms with Gasteiger partial charge in [0.1, 0.15) is 0 Å². The topological polar surface area (TPSA) is 29.9 Å². The molecule has 0 saturated heterocycles. The maximum Gasteiger partial charge on any atom is 0.0638 e. The molecule has 1 aliphatic rings. The Morgan fingerprint density at radius 2 is 1.95 bits per heavy atom. The Morgan fingerprint density at radius 1 is 1.30 bits per heavy atom. The predicted molar refractivity (Wildman–Crippen MR) is 84.6 cm³/mol. The molecule has 0 spiro atoms. The molecule has 20 heavy (non-hydrogen) atoms. The minimum atomic E-state index is 0.519. The van der Waals surface area contributed by atoms with E-state index in [1.54, 1.807) is 0 Å². The molecule has 3 heteroatoms. The van der Waals surface area contributed by atoms with Crippen LogP contribution in [0.15, 0.2) is 6.20 Å². The molecule has 0 unspecified atom stereocenters. The monoisotopic (exact) mass is 277 g/mol. The van der Waals surface area contributed by atoms with Crippen LogP contribution in [-0.4, -0.2) is 15.8 Å². The van der Waals surface area contributed by atoms with Crippen LogP contribution in [0.5, 0.6) is 0 Å². The highest BCUT2D eigenvalue weighted by Crippen LogP contribution is 2.40. The molecule has 0 amide bonds. The van der Waals surface area contributed by atoms with Crippen molar-refractivity contribution < 1.29 is 0 Å². The lowest BCUT2D eigenvalue weighted by Gasteiger charge is -2.39. The fourth-order valence-corrected chi connectivity index (χ4v) is 3.44. The first-order valence-electron chi connectivity index (χ1n) is 8.15. The highest BCUT2D eigenvalue weighted by atomic mass is 15.2. The van der Waals surface area contributed by atoms with Gasteiger partial charge >= 0.3 is 0 Å². The second kappa shape index (κ2) is 6.30. The molecule has 1 N–H and O–H groups in total. The summed E-state index contributed by atoms with van der Waals surface area (Å²) in [4.78, 5) is 0. The minimum Gasteiger partial charge on any atom is -0.310 e. The lowest BCUT2D eigenvalue weighted by atomic mass is 9.69. The van der Waals surface area contributed by atoms with Crippen molar-refractivity contribution >= 4 is 0 Å². The predicted octanol–water partition coefficient (Wildman–Crippen LogP) is 3.81. The van der Waals surface area contributed by atoms with Crippen molar-refractivity contribution in [3.05, 3.63) is 17.5 Å². The van der Waals surface area contributed by atoms with Gasteiger partial charge in [0.25, 0.3) is 0 Å². The number of rotatable bonds is 5. The smallest absolute Gasteiger partial charge is 0.0638 e. The fourth-order valence-electron chi connectivity index (χ4n) is 3.44. The molecule has 1 aromatic heterocycles. The van der Waals surface area contributed by atoms with Crippen molar-refractivity contribution in [2.24, 2.45) is 18.4 Å². The molecular formula is C17H31N3. The number of nitrogens with zero attached hydrogens (tertiary/aromatic N) is 2. The standard InChI is InChI=1S/C17H31N3/c1-6-17(3,4)15-7-9-16(10-8-15)18-11-14-12-20(5)19-13(14)2/h12,15-16,18H,6-11H2,1-5H3. The summed E-state index contributed by atoms with van der Waals surface area (Å²) in [5, 5.41) is 8.14. The molecule has 1 saturated carbocycles. The Bertz CT molecular complexity index is 425. The van der Waals surface area contributed by atoms with E-state index in [-0.39, 0.29) is 0 Å². The number of hydrogen-bond acceptors (Lipinski definition) is 2. The number of nitrogens with one attached hydrogen (secondary N) is 1. The number of hydrogen-bond donors (Lipinski definition) is 1. The Hall–Kier alpha value is -0.830. The Kier molecular flexibility index (Phi) is 4.90. The van der Waals surface area contributed by atoms with Crippen LogP contribution in [0.25, 0.3) is 0 Å². The van der Waals surface area contributed by atoms with E-state index in [1.165, 1.54) is 37.7 Å². The van der Waals surface area contributed by atoms with E-state index < -0.39 is 0 Å². The lowest BCUT2D eigenvalue weighted by molar-refractivity contribution is 0.137. The van der Waals surface area contributed by atoms with Crippen molar-refractivity contribution in [1.29, 1.82) is 0 Å². The average molecular weight is 277 g/mol. The van der Waals surface area contributed by atoms with Gasteiger partial charge in [-0.3, -0.25) is 4.68 Å². The third-order valence-corrected chi connectivity index (χ3v) is 5.44. The zero-order valence-electron chi connectivity index (χ0n) is 13.9. The Labute approximate surface area is 124 Å². The quantitative estimate of drug-likeness (QED) is 0.887. The van der Waals surface area contributed by atoms with E-state index in [0.717, 1.165) is 18.2 Å². The van der Waals surface area contributed by atoms with Crippen LogP contribution in [0.3, 0.4) is 0 Å². The van der Waals surface area contributed by atoms with Gasteiger partial charge in [0, 0.05) is 31.4 Å². The van der Waals surface area contributed by atoms with E-state index >= 15 is 0 Å². The maximum atomic E-state index is 4.41. The van der Waals surface area contributed by atoms with Gasteiger partial charge in [-0.05, 0) is 43.9 Å². The van der Waals surface area contributed by atoms with Crippen LogP contribution in [-0.2, 0) is 13.6 Å². The summed E-state index contributed by atoms with van der Waals surface area (Å²) in [5.41, 5.74) is 3.01. The van der Waals surface area contributed by atoms with Crippen LogP contribution < -0.4 is 5.32 Å². The van der Waals surface area contributed by atoms with E-state index in [1.807, 2.05) is 11.7 Å². The molecule has 1 aromatic rings. The van der Waals surface area contributed by atoms with Crippen LogP contribution in [0.2, 0.25) is 0 Å². The fraction of sp³-hybridized carbons (Fsp3) is 0.824. The summed E-state index contributed by atoms with van der Waals surface area (Å²) in [6, 6.07) is 0.693. The zero-order valence-corrected chi connectivity index (χ0v) is 13.9. The largest absolute Gasteiger partial charge is 0.310 e. The van der Waals surface area contributed by atoms with Gasteiger partial charge in [0.2, 0.25) is 0 Å². The highest BCUT2D eigenvalue weighted by molar-refractivity contribution is 5.14. The van der Waals surface area contributed by atoms with Crippen LogP contribution in [0.1, 0.15) is 64.1 Å². The molecule has 2 rings (SSSR count). The van der Waals surface area contributed by atoms with Crippen LogP contribution in [0.4, 0.5) is 0 Å². The van der Waals surface area contributed by atoms with Gasteiger partial charge in [-0.25, -0.2) is 0 Å². The van der Waals surface area contributed by atoms with Gasteiger partial charge in [-0.1, -0.05) is 27.2 Å². The molecule has 0 bridgehead atoms. The van der Waals surface area contributed by atoms with Crippen molar-refractivity contribution in [2.75, 3.05) is 0 Å². The van der Waals surface area contributed by atoms with Gasteiger partial charge in [0.05, 0.1) is 5.69 Å². The summed E-state index contributed by atoms with van der Waals surface area (Å²) in [5.74, 6) is 0.908. The molecule has 0 aromatic carbocycles. The normalized spacial score (nSPS) is 24.1.